The molecule has 0 bridgehead atoms. The van der Waals surface area contributed by atoms with E-state index in [1.807, 2.05) is 12.1 Å². The molecule has 2 aromatic heterocycles. The molecule has 0 aliphatic heterocycles. The third kappa shape index (κ3) is 3.97. The van der Waals surface area contributed by atoms with Crippen LogP contribution in [-0.2, 0) is 11.2 Å². The second-order valence-corrected chi connectivity index (χ2v) is 5.21. The van der Waals surface area contributed by atoms with Crippen LogP contribution in [0.3, 0.4) is 0 Å². The highest BCUT2D eigenvalue weighted by Gasteiger charge is 2.22. The Morgan fingerprint density at radius 2 is 1.96 bits per heavy atom. The van der Waals surface area contributed by atoms with Gasteiger partial charge in [-0.3, -0.25) is 9.78 Å². The molecule has 0 spiro atoms. The summed E-state index contributed by atoms with van der Waals surface area (Å²) in [5.41, 5.74) is 3.22. The van der Waals surface area contributed by atoms with Crippen molar-refractivity contribution in [1.29, 1.82) is 0 Å². The van der Waals surface area contributed by atoms with Crippen LogP contribution < -0.4 is 5.32 Å². The Hall–Kier alpha value is -2.63. The van der Waals surface area contributed by atoms with E-state index in [0.717, 1.165) is 12.0 Å². The first kappa shape index (κ1) is 16.7. The molecule has 0 aromatic carbocycles. The van der Waals surface area contributed by atoms with Crippen LogP contribution in [0.1, 0.15) is 44.6 Å². The molecule has 0 saturated carbocycles. The fraction of sp³-hybridized carbons (Fsp3) is 0.353. The Labute approximate surface area is 135 Å². The molecule has 0 unspecified atom stereocenters. The second-order valence-electron chi connectivity index (χ2n) is 5.21. The van der Waals surface area contributed by atoms with Crippen LogP contribution in [0.2, 0.25) is 0 Å². The van der Waals surface area contributed by atoms with Gasteiger partial charge in [-0.05, 0) is 50.5 Å². The van der Waals surface area contributed by atoms with E-state index >= 15 is 0 Å². The van der Waals surface area contributed by atoms with E-state index < -0.39 is 5.97 Å². The van der Waals surface area contributed by atoms with Gasteiger partial charge in [-0.15, -0.1) is 0 Å². The number of pyridine rings is 1. The van der Waals surface area contributed by atoms with Crippen molar-refractivity contribution in [3.8, 4) is 0 Å². The van der Waals surface area contributed by atoms with Crippen molar-refractivity contribution in [2.24, 2.45) is 0 Å². The molecule has 2 heterocycles. The normalized spacial score (nSPS) is 10.4. The minimum atomic E-state index is -0.441. The van der Waals surface area contributed by atoms with Gasteiger partial charge in [0.1, 0.15) is 5.69 Å². The zero-order chi connectivity index (χ0) is 16.8. The average Bonchev–Trinajstić information content (AvgIpc) is 2.83. The predicted molar refractivity (Wildman–Crippen MR) is 86.5 cm³/mol. The zero-order valence-corrected chi connectivity index (χ0v) is 13.6. The number of aromatic nitrogens is 2. The molecule has 122 valence electrons. The molecule has 2 N–H and O–H groups in total. The average molecular weight is 315 g/mol. The number of aryl methyl sites for hydroxylation is 1. The monoisotopic (exact) mass is 315 g/mol. The molecule has 2 aromatic rings. The van der Waals surface area contributed by atoms with Crippen LogP contribution in [0.25, 0.3) is 0 Å². The Bertz CT molecular complexity index is 693. The number of aromatic amines is 1. The van der Waals surface area contributed by atoms with Crippen LogP contribution in [0.4, 0.5) is 0 Å². The van der Waals surface area contributed by atoms with Crippen molar-refractivity contribution in [3.63, 3.8) is 0 Å². The highest BCUT2D eigenvalue weighted by molar-refractivity contribution is 6.01. The molecule has 0 radical (unpaired) electrons. The number of nitrogens with one attached hydrogen (secondary N) is 2. The van der Waals surface area contributed by atoms with Crippen molar-refractivity contribution >= 4 is 11.9 Å². The van der Waals surface area contributed by atoms with Crippen LogP contribution in [0.15, 0.2) is 24.5 Å². The van der Waals surface area contributed by atoms with Crippen LogP contribution in [0, 0.1) is 13.8 Å². The molecule has 1 amide bonds. The lowest BCUT2D eigenvalue weighted by atomic mass is 10.1. The number of nitrogens with zero attached hydrogens (tertiary/aromatic N) is 1. The number of H-pyrrole nitrogens is 1. The van der Waals surface area contributed by atoms with Gasteiger partial charge < -0.3 is 15.0 Å². The molecule has 6 heteroatoms. The van der Waals surface area contributed by atoms with Crippen molar-refractivity contribution < 1.29 is 14.3 Å². The Balaban J connectivity index is 2.03. The lowest BCUT2D eigenvalue weighted by molar-refractivity contribution is 0.0519. The molecule has 6 nitrogen and oxygen atoms in total. The summed E-state index contributed by atoms with van der Waals surface area (Å²) in [5.74, 6) is -0.634. The molecule has 0 saturated heterocycles. The van der Waals surface area contributed by atoms with E-state index in [4.69, 9.17) is 4.74 Å². The molecule has 0 atom stereocenters. The molecule has 0 aliphatic carbocycles. The summed E-state index contributed by atoms with van der Waals surface area (Å²) in [6, 6.07) is 3.83. The maximum absolute atomic E-state index is 12.4. The quantitative estimate of drug-likeness (QED) is 0.800. The third-order valence-electron chi connectivity index (χ3n) is 3.59. The first-order chi connectivity index (χ1) is 11.0. The number of carbonyl (C=O) groups excluding carboxylic acids is 2. The van der Waals surface area contributed by atoms with Gasteiger partial charge in [-0.2, -0.15) is 0 Å². The van der Waals surface area contributed by atoms with Gasteiger partial charge in [0, 0.05) is 24.6 Å². The van der Waals surface area contributed by atoms with Gasteiger partial charge in [0.2, 0.25) is 0 Å². The van der Waals surface area contributed by atoms with Crippen LogP contribution >= 0.6 is 0 Å². The first-order valence-corrected chi connectivity index (χ1v) is 7.58. The molecular formula is C17H21N3O3. The standard InChI is InChI=1S/C17H21N3O3/c1-4-23-17(22)15-11(2)14(12(3)20-15)16(21)19-10-7-13-5-8-18-9-6-13/h5-6,8-9,20H,4,7,10H2,1-3H3,(H,19,21). The highest BCUT2D eigenvalue weighted by Crippen LogP contribution is 2.18. The van der Waals surface area contributed by atoms with E-state index in [1.54, 1.807) is 33.2 Å². The van der Waals surface area contributed by atoms with Gasteiger partial charge in [-0.1, -0.05) is 0 Å². The van der Waals surface area contributed by atoms with Gasteiger partial charge in [0.15, 0.2) is 0 Å². The maximum Gasteiger partial charge on any atom is 0.355 e. The smallest absolute Gasteiger partial charge is 0.355 e. The van der Waals surface area contributed by atoms with Gasteiger partial charge >= 0.3 is 5.97 Å². The highest BCUT2D eigenvalue weighted by atomic mass is 16.5. The van der Waals surface area contributed by atoms with Crippen molar-refractivity contribution in [2.45, 2.75) is 27.2 Å². The minimum absolute atomic E-state index is 0.194. The van der Waals surface area contributed by atoms with Crippen molar-refractivity contribution in [1.82, 2.24) is 15.3 Å². The number of ether oxygens (including phenoxy) is 1. The minimum Gasteiger partial charge on any atom is -0.461 e. The Morgan fingerprint density at radius 3 is 2.61 bits per heavy atom. The van der Waals surface area contributed by atoms with E-state index in [0.29, 0.717) is 35.7 Å². The number of rotatable bonds is 6. The summed E-state index contributed by atoms with van der Waals surface area (Å²) < 4.78 is 4.99. The SMILES string of the molecule is CCOC(=O)c1[nH]c(C)c(C(=O)NCCc2ccncc2)c1C. The summed E-state index contributed by atoms with van der Waals surface area (Å²) in [5, 5.41) is 2.88. The van der Waals surface area contributed by atoms with Crippen molar-refractivity contribution in [2.75, 3.05) is 13.2 Å². The van der Waals surface area contributed by atoms with E-state index in [1.165, 1.54) is 0 Å². The summed E-state index contributed by atoms with van der Waals surface area (Å²) in [6.45, 7) is 6.07. The fourth-order valence-electron chi connectivity index (χ4n) is 2.46. The van der Waals surface area contributed by atoms with Crippen molar-refractivity contribution in [3.05, 3.63) is 52.6 Å². The lowest BCUT2D eigenvalue weighted by Gasteiger charge is -2.06. The van der Waals surface area contributed by atoms with Gasteiger partial charge in [0.25, 0.3) is 5.91 Å². The van der Waals surface area contributed by atoms with Crippen LogP contribution in [0.5, 0.6) is 0 Å². The topological polar surface area (TPSA) is 84.1 Å². The number of esters is 1. The number of carbonyl (C=O) groups is 2. The van der Waals surface area contributed by atoms with E-state index in [-0.39, 0.29) is 5.91 Å². The summed E-state index contributed by atoms with van der Waals surface area (Å²) in [6.07, 6.45) is 4.17. The Morgan fingerprint density at radius 1 is 1.26 bits per heavy atom. The predicted octanol–water partition coefficient (Wildman–Crippen LogP) is 2.18. The summed E-state index contributed by atoms with van der Waals surface area (Å²) >= 11 is 0. The third-order valence-corrected chi connectivity index (χ3v) is 3.59. The molecule has 0 aliphatic rings. The largest absolute Gasteiger partial charge is 0.461 e. The summed E-state index contributed by atoms with van der Waals surface area (Å²) in [4.78, 5) is 31.1. The van der Waals surface area contributed by atoms with Gasteiger partial charge in [-0.25, -0.2) is 4.79 Å². The molecule has 0 fully saturated rings. The molecule has 2 rings (SSSR count). The van der Waals surface area contributed by atoms with Crippen LogP contribution in [-0.4, -0.2) is 35.0 Å². The second kappa shape index (κ2) is 7.58. The van der Waals surface area contributed by atoms with E-state index in [2.05, 4.69) is 15.3 Å². The maximum atomic E-state index is 12.4. The Kier molecular flexibility index (Phi) is 5.51. The molecule has 23 heavy (non-hydrogen) atoms. The van der Waals surface area contributed by atoms with E-state index in [9.17, 15) is 9.59 Å². The number of hydrogen-bond donors (Lipinski definition) is 2. The summed E-state index contributed by atoms with van der Waals surface area (Å²) in [7, 11) is 0. The van der Waals surface area contributed by atoms with Gasteiger partial charge in [0.05, 0.1) is 12.2 Å². The number of hydrogen-bond acceptors (Lipinski definition) is 4. The first-order valence-electron chi connectivity index (χ1n) is 7.58. The number of amides is 1. The molecular weight excluding hydrogens is 294 g/mol. The lowest BCUT2D eigenvalue weighted by Crippen LogP contribution is -2.26. The zero-order valence-electron chi connectivity index (χ0n) is 13.6. The fourth-order valence-corrected chi connectivity index (χ4v) is 2.46.